The molecule has 0 aromatic carbocycles. The van der Waals surface area contributed by atoms with Crippen molar-refractivity contribution >= 4 is 28.6 Å². The zero-order valence-corrected chi connectivity index (χ0v) is 15.0. The average Bonchev–Trinajstić information content (AvgIpc) is 3.20. The number of carbonyl (C=O) groups is 1. The first-order valence-electron chi connectivity index (χ1n) is 8.19. The van der Waals surface area contributed by atoms with Crippen LogP contribution in [0, 0.1) is 12.8 Å². The average molecular weight is 348 g/mol. The summed E-state index contributed by atoms with van der Waals surface area (Å²) in [6.07, 6.45) is 2.42. The van der Waals surface area contributed by atoms with Gasteiger partial charge in [0.2, 0.25) is 0 Å². The summed E-state index contributed by atoms with van der Waals surface area (Å²) < 4.78 is 0. The number of thiazole rings is 1. The number of fused-ring (bicyclic) bond motifs is 3. The van der Waals surface area contributed by atoms with Crippen LogP contribution in [-0.2, 0) is 0 Å². The van der Waals surface area contributed by atoms with Gasteiger partial charge in [-0.05, 0) is 57.8 Å². The van der Waals surface area contributed by atoms with E-state index in [9.17, 15) is 4.79 Å². The molecule has 1 N–H and O–H groups in total. The minimum atomic E-state index is 0.0683. The third kappa shape index (κ3) is 2.84. The van der Waals surface area contributed by atoms with Gasteiger partial charge in [0.05, 0.1) is 20.5 Å². The predicted octanol–water partition coefficient (Wildman–Crippen LogP) is 3.39. The molecule has 5 rings (SSSR count). The number of hydrogen-bond acceptors (Lipinski definition) is 5. The molecule has 4 nitrogen and oxygen atoms in total. The van der Waals surface area contributed by atoms with Crippen molar-refractivity contribution < 1.29 is 4.79 Å². The Morgan fingerprint density at radius 2 is 2.13 bits per heavy atom. The molecule has 0 spiro atoms. The van der Waals surface area contributed by atoms with Gasteiger partial charge in [0.25, 0.3) is 5.91 Å². The molecule has 122 valence electrons. The molecule has 5 heterocycles. The van der Waals surface area contributed by atoms with Crippen LogP contribution in [0.25, 0.3) is 10.6 Å². The molecule has 0 aliphatic carbocycles. The summed E-state index contributed by atoms with van der Waals surface area (Å²) >= 11 is 3.18. The third-order valence-electron chi connectivity index (χ3n) is 5.18. The number of carbonyl (C=O) groups excluding carboxylic acids is 1. The first kappa shape index (κ1) is 15.3. The molecule has 2 atom stereocenters. The second kappa shape index (κ2) is 6.00. The topological polar surface area (TPSA) is 45.2 Å². The van der Waals surface area contributed by atoms with Crippen molar-refractivity contribution in [1.29, 1.82) is 0 Å². The molecule has 6 heteroatoms. The minimum absolute atomic E-state index is 0.0683. The van der Waals surface area contributed by atoms with Crippen LogP contribution >= 0.6 is 22.7 Å². The molecule has 3 aliphatic rings. The van der Waals surface area contributed by atoms with E-state index in [-0.39, 0.29) is 11.9 Å². The largest absolute Gasteiger partial charge is 0.347 e. The van der Waals surface area contributed by atoms with E-state index in [0.29, 0.717) is 12.0 Å². The fourth-order valence-corrected chi connectivity index (χ4v) is 5.40. The molecule has 3 saturated heterocycles. The molecular formula is C17H21N3OS2. The van der Waals surface area contributed by atoms with E-state index in [1.165, 1.54) is 37.3 Å². The highest BCUT2D eigenvalue weighted by molar-refractivity contribution is 7.17. The van der Waals surface area contributed by atoms with Gasteiger partial charge in [-0.3, -0.25) is 9.69 Å². The van der Waals surface area contributed by atoms with E-state index in [0.717, 1.165) is 20.5 Å². The van der Waals surface area contributed by atoms with Gasteiger partial charge in [-0.15, -0.1) is 22.7 Å². The highest BCUT2D eigenvalue weighted by atomic mass is 32.1. The lowest BCUT2D eigenvalue weighted by molar-refractivity contribution is 0.0218. The maximum absolute atomic E-state index is 12.6. The van der Waals surface area contributed by atoms with Gasteiger partial charge in [0.1, 0.15) is 0 Å². The molecule has 2 bridgehead atoms. The lowest BCUT2D eigenvalue weighted by Crippen LogP contribution is -2.62. The SMILES string of the molecule is Cc1nc(-c2ccc(C(=O)N[C@@H]3C4CCN(CC4)[C@@H]3C)s2)cs1. The van der Waals surface area contributed by atoms with Crippen molar-refractivity contribution in [3.8, 4) is 10.6 Å². The molecular weight excluding hydrogens is 326 g/mol. The zero-order chi connectivity index (χ0) is 16.0. The Labute approximate surface area is 144 Å². The van der Waals surface area contributed by atoms with Gasteiger partial charge in [-0.25, -0.2) is 4.98 Å². The van der Waals surface area contributed by atoms with E-state index in [1.807, 2.05) is 19.1 Å². The monoisotopic (exact) mass is 347 g/mol. The van der Waals surface area contributed by atoms with Crippen molar-refractivity contribution in [2.24, 2.45) is 5.92 Å². The fourth-order valence-electron chi connectivity index (χ4n) is 3.84. The van der Waals surface area contributed by atoms with Gasteiger partial charge < -0.3 is 5.32 Å². The smallest absolute Gasteiger partial charge is 0.261 e. The van der Waals surface area contributed by atoms with E-state index < -0.39 is 0 Å². The van der Waals surface area contributed by atoms with E-state index >= 15 is 0 Å². The highest BCUT2D eigenvalue weighted by Crippen LogP contribution is 2.33. The van der Waals surface area contributed by atoms with E-state index in [1.54, 1.807) is 11.3 Å². The maximum Gasteiger partial charge on any atom is 0.261 e. The Bertz CT molecular complexity index is 713. The van der Waals surface area contributed by atoms with Crippen LogP contribution in [0.4, 0.5) is 0 Å². The second-order valence-corrected chi connectivity index (χ2v) is 8.67. The lowest BCUT2D eigenvalue weighted by Gasteiger charge is -2.49. The van der Waals surface area contributed by atoms with Gasteiger partial charge in [-0.1, -0.05) is 0 Å². The van der Waals surface area contributed by atoms with Crippen LogP contribution < -0.4 is 5.32 Å². The quantitative estimate of drug-likeness (QED) is 0.926. The van der Waals surface area contributed by atoms with Crippen LogP contribution in [0.1, 0.15) is 34.4 Å². The number of nitrogens with zero attached hydrogens (tertiary/aromatic N) is 2. The fraction of sp³-hybridized carbons (Fsp3) is 0.529. The molecule has 3 aliphatic heterocycles. The number of hydrogen-bond donors (Lipinski definition) is 1. The number of rotatable bonds is 3. The van der Waals surface area contributed by atoms with Crippen LogP contribution in [0.3, 0.4) is 0 Å². The van der Waals surface area contributed by atoms with Crippen molar-refractivity contribution in [3.63, 3.8) is 0 Å². The van der Waals surface area contributed by atoms with Crippen LogP contribution in [0.2, 0.25) is 0 Å². The number of aryl methyl sites for hydroxylation is 1. The Balaban J connectivity index is 1.48. The Morgan fingerprint density at radius 1 is 1.35 bits per heavy atom. The number of nitrogens with one attached hydrogen (secondary N) is 1. The molecule has 0 unspecified atom stereocenters. The van der Waals surface area contributed by atoms with Crippen molar-refractivity contribution in [2.75, 3.05) is 13.1 Å². The van der Waals surface area contributed by atoms with Crippen molar-refractivity contribution in [1.82, 2.24) is 15.2 Å². The van der Waals surface area contributed by atoms with Crippen LogP contribution in [0.15, 0.2) is 17.5 Å². The van der Waals surface area contributed by atoms with Crippen LogP contribution in [0.5, 0.6) is 0 Å². The number of piperidine rings is 3. The molecule has 0 radical (unpaired) electrons. The van der Waals surface area contributed by atoms with E-state index in [4.69, 9.17) is 0 Å². The summed E-state index contributed by atoms with van der Waals surface area (Å²) in [4.78, 5) is 21.5. The lowest BCUT2D eigenvalue weighted by atomic mass is 9.79. The Kier molecular flexibility index (Phi) is 3.99. The van der Waals surface area contributed by atoms with Gasteiger partial charge >= 0.3 is 0 Å². The summed E-state index contributed by atoms with van der Waals surface area (Å²) in [7, 11) is 0. The van der Waals surface area contributed by atoms with Crippen molar-refractivity contribution in [3.05, 3.63) is 27.4 Å². The summed E-state index contributed by atoms with van der Waals surface area (Å²) in [5.41, 5.74) is 0.979. The molecule has 1 amide bonds. The summed E-state index contributed by atoms with van der Waals surface area (Å²) in [6.45, 7) is 6.62. The van der Waals surface area contributed by atoms with Gasteiger partial charge in [0.15, 0.2) is 0 Å². The minimum Gasteiger partial charge on any atom is -0.347 e. The van der Waals surface area contributed by atoms with Gasteiger partial charge in [-0.2, -0.15) is 0 Å². The second-order valence-electron chi connectivity index (χ2n) is 6.53. The zero-order valence-electron chi connectivity index (χ0n) is 13.4. The maximum atomic E-state index is 12.6. The standard InChI is InChI=1S/C17H21N3OS2/c1-10-16(12-5-7-20(10)8-6-12)19-17(21)15-4-3-14(23-15)13-9-22-11(2)18-13/h3-4,9-10,12,16H,5-8H2,1-2H3,(H,19,21)/t10-,16+/m1/s1. The first-order valence-corrected chi connectivity index (χ1v) is 9.88. The number of thiophene rings is 1. The Morgan fingerprint density at radius 3 is 2.78 bits per heavy atom. The normalized spacial score (nSPS) is 29.7. The summed E-state index contributed by atoms with van der Waals surface area (Å²) in [5, 5.41) is 6.41. The highest BCUT2D eigenvalue weighted by Gasteiger charge is 2.40. The summed E-state index contributed by atoms with van der Waals surface area (Å²) in [5.74, 6) is 0.707. The molecule has 2 aromatic rings. The van der Waals surface area contributed by atoms with E-state index in [2.05, 4.69) is 27.5 Å². The Hall–Kier alpha value is -1.24. The van der Waals surface area contributed by atoms with Gasteiger partial charge in [0, 0.05) is 17.5 Å². The summed E-state index contributed by atoms with van der Waals surface area (Å²) in [6, 6.07) is 4.67. The van der Waals surface area contributed by atoms with Crippen LogP contribution in [-0.4, -0.2) is 41.0 Å². The molecule has 23 heavy (non-hydrogen) atoms. The first-order chi connectivity index (χ1) is 11.1. The third-order valence-corrected chi connectivity index (χ3v) is 7.06. The molecule has 3 fully saturated rings. The molecule has 2 aromatic heterocycles. The van der Waals surface area contributed by atoms with Crippen molar-refractivity contribution in [2.45, 2.75) is 38.8 Å². The molecule has 0 saturated carbocycles. The number of aromatic nitrogens is 1. The predicted molar refractivity (Wildman–Crippen MR) is 95.2 cm³/mol. The number of amides is 1.